The highest BCUT2D eigenvalue weighted by Crippen LogP contribution is 2.48. The van der Waals surface area contributed by atoms with E-state index in [9.17, 15) is 9.59 Å². The summed E-state index contributed by atoms with van der Waals surface area (Å²) in [7, 11) is 2.88. The van der Waals surface area contributed by atoms with Gasteiger partial charge in [-0.25, -0.2) is 9.59 Å². The molecule has 3 aliphatic rings. The Morgan fingerprint density at radius 1 is 0.800 bits per heavy atom. The van der Waals surface area contributed by atoms with Gasteiger partial charge in [-0.2, -0.15) is 0 Å². The van der Waals surface area contributed by atoms with E-state index in [1.807, 2.05) is 12.1 Å². The minimum atomic E-state index is -0.499. The SMILES string of the molecule is COC(=O)C1=C(C2CCCCC2)NC(C2CCCCC2)=C(C(=O)OC)C1c1csc2ccccc12. The third-order valence-corrected chi connectivity index (χ3v) is 9.07. The second-order valence-corrected chi connectivity index (χ2v) is 11.0. The van der Waals surface area contributed by atoms with Crippen LogP contribution in [0.5, 0.6) is 0 Å². The first-order valence-electron chi connectivity index (χ1n) is 13.0. The Labute approximate surface area is 211 Å². The van der Waals surface area contributed by atoms with E-state index in [1.165, 1.54) is 27.1 Å². The molecule has 0 radical (unpaired) electrons. The number of ether oxygens (including phenoxy) is 2. The van der Waals surface area contributed by atoms with E-state index in [1.54, 1.807) is 11.3 Å². The number of rotatable bonds is 5. The summed E-state index contributed by atoms with van der Waals surface area (Å²) in [6, 6.07) is 8.23. The summed E-state index contributed by atoms with van der Waals surface area (Å²) in [4.78, 5) is 27.0. The number of carbonyl (C=O) groups is 2. The van der Waals surface area contributed by atoms with Crippen molar-refractivity contribution in [1.29, 1.82) is 0 Å². The number of hydrogen-bond acceptors (Lipinski definition) is 6. The fourth-order valence-corrected chi connectivity index (χ4v) is 7.36. The maximum absolute atomic E-state index is 13.5. The van der Waals surface area contributed by atoms with E-state index in [2.05, 4.69) is 22.8 Å². The lowest BCUT2D eigenvalue weighted by Gasteiger charge is -2.39. The Hall–Kier alpha value is -2.60. The van der Waals surface area contributed by atoms with E-state index in [0.29, 0.717) is 11.1 Å². The molecular weight excluding hydrogens is 458 g/mol. The van der Waals surface area contributed by atoms with E-state index in [4.69, 9.17) is 9.47 Å². The van der Waals surface area contributed by atoms with Gasteiger partial charge in [-0.3, -0.25) is 0 Å². The molecule has 186 valence electrons. The van der Waals surface area contributed by atoms with Crippen molar-refractivity contribution < 1.29 is 19.1 Å². The Kier molecular flexibility index (Phi) is 7.28. The standard InChI is InChI=1S/C29H35NO4S/c1-33-28(31)24-23(21-17-35-22-16-10-9-15-20(21)22)25(29(32)34-2)27(19-13-7-4-8-14-19)30-26(24)18-11-5-3-6-12-18/h9-10,15-19,23,30H,3-8,11-14H2,1-2H3. The van der Waals surface area contributed by atoms with Crippen LogP contribution >= 0.6 is 11.3 Å². The first-order valence-corrected chi connectivity index (χ1v) is 13.9. The van der Waals surface area contributed by atoms with Gasteiger partial charge in [0.05, 0.1) is 31.3 Å². The largest absolute Gasteiger partial charge is 0.466 e. The molecule has 1 N–H and O–H groups in total. The number of allylic oxidation sites excluding steroid dienone is 2. The Balaban J connectivity index is 1.77. The van der Waals surface area contributed by atoms with Gasteiger partial charge in [0, 0.05) is 16.1 Å². The van der Waals surface area contributed by atoms with Crippen molar-refractivity contribution in [2.75, 3.05) is 14.2 Å². The van der Waals surface area contributed by atoms with Crippen molar-refractivity contribution in [2.45, 2.75) is 70.1 Å². The molecule has 1 aromatic heterocycles. The highest BCUT2D eigenvalue weighted by molar-refractivity contribution is 7.17. The predicted molar refractivity (Wildman–Crippen MR) is 139 cm³/mol. The summed E-state index contributed by atoms with van der Waals surface area (Å²) in [5.74, 6) is -0.683. The fraction of sp³-hybridized carbons (Fsp3) is 0.517. The lowest BCUT2D eigenvalue weighted by Crippen LogP contribution is -2.39. The Morgan fingerprint density at radius 3 is 1.83 bits per heavy atom. The maximum atomic E-state index is 13.5. The van der Waals surface area contributed by atoms with Crippen molar-refractivity contribution in [1.82, 2.24) is 5.32 Å². The molecule has 0 bridgehead atoms. The van der Waals surface area contributed by atoms with Gasteiger partial charge >= 0.3 is 11.9 Å². The molecule has 0 amide bonds. The minimum Gasteiger partial charge on any atom is -0.466 e. The zero-order valence-electron chi connectivity index (χ0n) is 20.7. The molecule has 6 heteroatoms. The summed E-state index contributed by atoms with van der Waals surface area (Å²) in [6.45, 7) is 0. The molecule has 2 heterocycles. The number of nitrogens with one attached hydrogen (secondary N) is 1. The third-order valence-electron chi connectivity index (χ3n) is 8.09. The lowest BCUT2D eigenvalue weighted by atomic mass is 9.72. The average Bonchev–Trinajstić information content (AvgIpc) is 3.36. The smallest absolute Gasteiger partial charge is 0.336 e. The zero-order valence-corrected chi connectivity index (χ0v) is 21.5. The van der Waals surface area contributed by atoms with Crippen LogP contribution < -0.4 is 5.32 Å². The average molecular weight is 494 g/mol. The molecule has 1 aromatic carbocycles. The molecule has 0 unspecified atom stereocenters. The lowest BCUT2D eigenvalue weighted by molar-refractivity contribution is -0.137. The van der Waals surface area contributed by atoms with Gasteiger partial charge in [-0.1, -0.05) is 56.7 Å². The summed E-state index contributed by atoms with van der Waals surface area (Å²) in [6.07, 6.45) is 11.3. The number of carbonyl (C=O) groups excluding carboxylic acids is 2. The normalized spacial score (nSPS) is 20.7. The molecule has 2 saturated carbocycles. The number of fused-ring (bicyclic) bond motifs is 1. The van der Waals surface area contributed by atoms with Gasteiger partial charge in [0.15, 0.2) is 0 Å². The van der Waals surface area contributed by atoms with Gasteiger partial charge in [0.25, 0.3) is 0 Å². The van der Waals surface area contributed by atoms with Crippen LogP contribution in [0.15, 0.2) is 52.2 Å². The number of methoxy groups -OCH3 is 2. The van der Waals surface area contributed by atoms with Crippen molar-refractivity contribution in [2.24, 2.45) is 11.8 Å². The Bertz CT molecular complexity index is 1110. The van der Waals surface area contributed by atoms with Crippen LogP contribution in [0.3, 0.4) is 0 Å². The molecule has 1 aliphatic heterocycles. The van der Waals surface area contributed by atoms with Crippen LogP contribution in [-0.2, 0) is 19.1 Å². The Morgan fingerprint density at radius 2 is 1.31 bits per heavy atom. The van der Waals surface area contributed by atoms with Crippen LogP contribution in [0.1, 0.15) is 75.7 Å². The summed E-state index contributed by atoms with van der Waals surface area (Å²) in [5.41, 5.74) is 4.12. The van der Waals surface area contributed by atoms with E-state index >= 15 is 0 Å². The second-order valence-electron chi connectivity index (χ2n) is 10.1. The van der Waals surface area contributed by atoms with Crippen LogP contribution in [0.25, 0.3) is 10.1 Å². The first kappa shape index (κ1) is 24.1. The van der Waals surface area contributed by atoms with Crippen molar-refractivity contribution in [3.8, 4) is 0 Å². The molecule has 0 spiro atoms. The van der Waals surface area contributed by atoms with Gasteiger partial charge in [0.2, 0.25) is 0 Å². The van der Waals surface area contributed by atoms with E-state index in [0.717, 1.165) is 78.4 Å². The third kappa shape index (κ3) is 4.53. The predicted octanol–water partition coefficient (Wildman–Crippen LogP) is 6.60. The number of thiophene rings is 1. The van der Waals surface area contributed by atoms with Crippen molar-refractivity contribution in [3.63, 3.8) is 0 Å². The monoisotopic (exact) mass is 493 g/mol. The summed E-state index contributed by atoms with van der Waals surface area (Å²) in [5, 5.41) is 6.92. The van der Waals surface area contributed by atoms with Crippen LogP contribution in [-0.4, -0.2) is 26.2 Å². The summed E-state index contributed by atoms with van der Waals surface area (Å²) >= 11 is 1.65. The number of benzene rings is 1. The number of hydrogen-bond donors (Lipinski definition) is 1. The van der Waals surface area contributed by atoms with Gasteiger partial charge < -0.3 is 14.8 Å². The van der Waals surface area contributed by atoms with Gasteiger partial charge in [0.1, 0.15) is 0 Å². The molecule has 0 saturated heterocycles. The molecule has 2 aromatic rings. The topological polar surface area (TPSA) is 64.6 Å². The van der Waals surface area contributed by atoms with Gasteiger partial charge in [-0.15, -0.1) is 11.3 Å². The van der Waals surface area contributed by atoms with Gasteiger partial charge in [-0.05, 0) is 59.9 Å². The quantitative estimate of drug-likeness (QED) is 0.475. The number of dihydropyridines is 1. The maximum Gasteiger partial charge on any atom is 0.336 e. The zero-order chi connectivity index (χ0) is 24.4. The summed E-state index contributed by atoms with van der Waals surface area (Å²) < 4.78 is 11.9. The molecule has 0 atom stereocenters. The molecular formula is C29H35NO4S. The van der Waals surface area contributed by atoms with Crippen molar-refractivity contribution >= 4 is 33.4 Å². The highest BCUT2D eigenvalue weighted by atomic mass is 32.1. The van der Waals surface area contributed by atoms with E-state index < -0.39 is 5.92 Å². The fourth-order valence-electron chi connectivity index (χ4n) is 6.37. The number of esters is 2. The van der Waals surface area contributed by atoms with E-state index in [-0.39, 0.29) is 23.8 Å². The minimum absolute atomic E-state index is 0.267. The molecule has 5 rings (SSSR count). The molecule has 2 aliphatic carbocycles. The first-order chi connectivity index (χ1) is 17.1. The van der Waals surface area contributed by atoms with Crippen LogP contribution in [0.2, 0.25) is 0 Å². The molecule has 35 heavy (non-hydrogen) atoms. The van der Waals surface area contributed by atoms with Crippen LogP contribution in [0.4, 0.5) is 0 Å². The van der Waals surface area contributed by atoms with Crippen LogP contribution in [0, 0.1) is 11.8 Å². The molecule has 5 nitrogen and oxygen atoms in total. The highest BCUT2D eigenvalue weighted by Gasteiger charge is 2.43. The molecule has 2 fully saturated rings. The van der Waals surface area contributed by atoms with Crippen molar-refractivity contribution in [3.05, 3.63) is 57.7 Å². The second kappa shape index (κ2) is 10.6.